The Morgan fingerprint density at radius 1 is 1.63 bits per heavy atom. The van der Waals surface area contributed by atoms with Crippen molar-refractivity contribution in [2.75, 3.05) is 12.3 Å². The monoisotopic (exact) mass is 304 g/mol. The largest absolute Gasteiger partial charge is 0.349 e. The highest BCUT2D eigenvalue weighted by molar-refractivity contribution is 7.99. The van der Waals surface area contributed by atoms with Gasteiger partial charge in [-0.1, -0.05) is 19.1 Å². The molecule has 0 aliphatic carbocycles. The lowest BCUT2D eigenvalue weighted by molar-refractivity contribution is -0.125. The van der Waals surface area contributed by atoms with Crippen molar-refractivity contribution in [2.24, 2.45) is 11.7 Å². The fourth-order valence-electron chi connectivity index (χ4n) is 1.96. The van der Waals surface area contributed by atoms with E-state index in [-0.39, 0.29) is 36.1 Å². The van der Waals surface area contributed by atoms with Crippen molar-refractivity contribution in [3.05, 3.63) is 29.6 Å². The van der Waals surface area contributed by atoms with Crippen LogP contribution >= 0.6 is 24.2 Å². The molecule has 2 rings (SSSR count). The molecule has 1 heterocycles. The number of nitrogens with two attached hydrogens (primary N) is 1. The number of halogens is 2. The molecular formula is C13H18ClFN2OS. The standard InChI is InChI=1S/C13H17FN2OS.ClH/c1-8(7-15)13(17)16-11-5-6-18-12-9(11)3-2-4-10(12)14;/h2-4,8,11H,5-7,15H2,1H3,(H,16,17);1H. The summed E-state index contributed by atoms with van der Waals surface area (Å²) >= 11 is 1.51. The topological polar surface area (TPSA) is 55.1 Å². The van der Waals surface area contributed by atoms with Crippen molar-refractivity contribution < 1.29 is 9.18 Å². The molecule has 3 N–H and O–H groups in total. The van der Waals surface area contributed by atoms with Crippen LogP contribution in [0.1, 0.15) is 24.9 Å². The Balaban J connectivity index is 0.00000180. The van der Waals surface area contributed by atoms with E-state index < -0.39 is 0 Å². The van der Waals surface area contributed by atoms with Crippen molar-refractivity contribution in [1.82, 2.24) is 5.32 Å². The van der Waals surface area contributed by atoms with Crippen LogP contribution in [0.4, 0.5) is 4.39 Å². The summed E-state index contributed by atoms with van der Waals surface area (Å²) in [5.74, 6) is 0.333. The maximum atomic E-state index is 13.7. The zero-order valence-corrected chi connectivity index (χ0v) is 12.3. The number of rotatable bonds is 3. The average molecular weight is 305 g/mol. The zero-order chi connectivity index (χ0) is 13.1. The van der Waals surface area contributed by atoms with E-state index in [4.69, 9.17) is 5.73 Å². The van der Waals surface area contributed by atoms with Crippen molar-refractivity contribution in [1.29, 1.82) is 0 Å². The van der Waals surface area contributed by atoms with Gasteiger partial charge in [-0.25, -0.2) is 4.39 Å². The molecule has 2 unspecified atom stereocenters. The molecule has 1 aromatic carbocycles. The van der Waals surface area contributed by atoms with Gasteiger partial charge in [0.15, 0.2) is 0 Å². The maximum absolute atomic E-state index is 13.7. The molecule has 1 amide bonds. The Morgan fingerprint density at radius 3 is 3.05 bits per heavy atom. The summed E-state index contributed by atoms with van der Waals surface area (Å²) in [7, 11) is 0. The van der Waals surface area contributed by atoms with E-state index in [9.17, 15) is 9.18 Å². The summed E-state index contributed by atoms with van der Waals surface area (Å²) in [5.41, 5.74) is 6.35. The highest BCUT2D eigenvalue weighted by atomic mass is 35.5. The minimum Gasteiger partial charge on any atom is -0.349 e. The fourth-order valence-corrected chi connectivity index (χ4v) is 3.10. The minimum absolute atomic E-state index is 0. The summed E-state index contributed by atoms with van der Waals surface area (Å²) in [6.45, 7) is 2.11. The molecule has 106 valence electrons. The Labute approximate surface area is 122 Å². The van der Waals surface area contributed by atoms with Crippen LogP contribution in [0, 0.1) is 11.7 Å². The molecule has 0 saturated heterocycles. The van der Waals surface area contributed by atoms with Crippen LogP contribution in [-0.4, -0.2) is 18.2 Å². The number of amides is 1. The SMILES string of the molecule is CC(CN)C(=O)NC1CCSc2c(F)cccc21.Cl. The summed E-state index contributed by atoms with van der Waals surface area (Å²) in [6, 6.07) is 4.92. The van der Waals surface area contributed by atoms with Gasteiger partial charge in [-0.05, 0) is 18.1 Å². The number of hydrogen-bond donors (Lipinski definition) is 2. The van der Waals surface area contributed by atoms with Crippen molar-refractivity contribution >= 4 is 30.1 Å². The van der Waals surface area contributed by atoms with Gasteiger partial charge < -0.3 is 11.1 Å². The van der Waals surface area contributed by atoms with Crippen LogP contribution in [0.5, 0.6) is 0 Å². The number of hydrogen-bond acceptors (Lipinski definition) is 3. The number of benzene rings is 1. The molecule has 6 heteroatoms. The highest BCUT2D eigenvalue weighted by Gasteiger charge is 2.25. The molecule has 0 aromatic heterocycles. The summed E-state index contributed by atoms with van der Waals surface area (Å²) in [5, 5.41) is 2.95. The van der Waals surface area contributed by atoms with Crippen LogP contribution in [0.2, 0.25) is 0 Å². The number of carbonyl (C=O) groups is 1. The summed E-state index contributed by atoms with van der Waals surface area (Å²) < 4.78 is 13.7. The van der Waals surface area contributed by atoms with Gasteiger partial charge in [0.25, 0.3) is 0 Å². The molecule has 1 aliphatic rings. The van der Waals surface area contributed by atoms with Crippen LogP contribution in [-0.2, 0) is 4.79 Å². The molecule has 0 radical (unpaired) electrons. The fraction of sp³-hybridized carbons (Fsp3) is 0.462. The second kappa shape index (κ2) is 7.12. The van der Waals surface area contributed by atoms with Gasteiger partial charge in [-0.3, -0.25) is 4.79 Å². The van der Waals surface area contributed by atoms with Gasteiger partial charge >= 0.3 is 0 Å². The predicted octanol–water partition coefficient (Wildman–Crippen LogP) is 2.50. The van der Waals surface area contributed by atoms with E-state index in [1.54, 1.807) is 13.0 Å². The quantitative estimate of drug-likeness (QED) is 0.902. The lowest BCUT2D eigenvalue weighted by atomic mass is 10.0. The molecule has 0 spiro atoms. The summed E-state index contributed by atoms with van der Waals surface area (Å²) in [4.78, 5) is 12.5. The van der Waals surface area contributed by atoms with Gasteiger partial charge in [-0.2, -0.15) is 0 Å². The molecule has 0 saturated carbocycles. The Bertz CT molecular complexity index is 458. The van der Waals surface area contributed by atoms with Crippen molar-refractivity contribution in [3.8, 4) is 0 Å². The zero-order valence-electron chi connectivity index (χ0n) is 10.7. The minimum atomic E-state index is -0.211. The summed E-state index contributed by atoms with van der Waals surface area (Å²) in [6.07, 6.45) is 0.824. The van der Waals surface area contributed by atoms with Crippen LogP contribution in [0.15, 0.2) is 23.1 Å². The van der Waals surface area contributed by atoms with E-state index in [2.05, 4.69) is 5.32 Å². The molecule has 19 heavy (non-hydrogen) atoms. The Kier molecular flexibility index (Phi) is 6.10. The molecule has 3 nitrogen and oxygen atoms in total. The van der Waals surface area contributed by atoms with Crippen LogP contribution in [0.3, 0.4) is 0 Å². The Hall–Kier alpha value is -0.780. The highest BCUT2D eigenvalue weighted by Crippen LogP contribution is 2.37. The van der Waals surface area contributed by atoms with E-state index in [0.717, 1.165) is 17.7 Å². The third-order valence-electron chi connectivity index (χ3n) is 3.14. The van der Waals surface area contributed by atoms with Crippen LogP contribution in [0.25, 0.3) is 0 Å². The smallest absolute Gasteiger partial charge is 0.224 e. The lowest BCUT2D eigenvalue weighted by Gasteiger charge is -2.27. The molecular weight excluding hydrogens is 287 g/mol. The van der Waals surface area contributed by atoms with Crippen molar-refractivity contribution in [3.63, 3.8) is 0 Å². The molecule has 0 fully saturated rings. The van der Waals surface area contributed by atoms with Gasteiger partial charge in [0.2, 0.25) is 5.91 Å². The third-order valence-corrected chi connectivity index (χ3v) is 4.30. The third kappa shape index (κ3) is 3.61. The predicted molar refractivity (Wildman–Crippen MR) is 78.1 cm³/mol. The first-order valence-corrected chi connectivity index (χ1v) is 7.03. The molecule has 0 bridgehead atoms. The van der Waals surface area contributed by atoms with E-state index >= 15 is 0 Å². The normalized spacial score (nSPS) is 19.0. The second-order valence-electron chi connectivity index (χ2n) is 4.49. The van der Waals surface area contributed by atoms with E-state index in [1.165, 1.54) is 17.8 Å². The number of carbonyl (C=O) groups excluding carboxylic acids is 1. The number of fused-ring (bicyclic) bond motifs is 1. The number of nitrogens with one attached hydrogen (secondary N) is 1. The lowest BCUT2D eigenvalue weighted by Crippen LogP contribution is -2.37. The van der Waals surface area contributed by atoms with Gasteiger partial charge in [0, 0.05) is 23.1 Å². The van der Waals surface area contributed by atoms with Gasteiger partial charge in [0.1, 0.15) is 5.82 Å². The van der Waals surface area contributed by atoms with E-state index in [1.807, 2.05) is 6.07 Å². The first kappa shape index (κ1) is 16.3. The van der Waals surface area contributed by atoms with Gasteiger partial charge in [-0.15, -0.1) is 24.2 Å². The maximum Gasteiger partial charge on any atom is 0.224 e. The molecule has 1 aromatic rings. The van der Waals surface area contributed by atoms with Gasteiger partial charge in [0.05, 0.1) is 6.04 Å². The van der Waals surface area contributed by atoms with E-state index in [0.29, 0.717) is 11.4 Å². The first-order chi connectivity index (χ1) is 8.63. The molecule has 2 atom stereocenters. The van der Waals surface area contributed by atoms with Crippen molar-refractivity contribution in [2.45, 2.75) is 24.3 Å². The van der Waals surface area contributed by atoms with Crippen LogP contribution < -0.4 is 11.1 Å². The second-order valence-corrected chi connectivity index (χ2v) is 5.60. The average Bonchev–Trinajstić information content (AvgIpc) is 2.39. The number of thioether (sulfide) groups is 1. The first-order valence-electron chi connectivity index (χ1n) is 6.05. The Morgan fingerprint density at radius 2 is 2.37 bits per heavy atom. The molecule has 1 aliphatic heterocycles.